The van der Waals surface area contributed by atoms with Crippen LogP contribution in [0.5, 0.6) is 0 Å². The van der Waals surface area contributed by atoms with Gasteiger partial charge in [0.25, 0.3) is 0 Å². The number of hydrogen-bond acceptors (Lipinski definition) is 1. The summed E-state index contributed by atoms with van der Waals surface area (Å²) < 4.78 is 0. The third-order valence-corrected chi connectivity index (χ3v) is 4.17. The second kappa shape index (κ2) is 7.15. The van der Waals surface area contributed by atoms with Crippen LogP contribution < -0.4 is 5.32 Å². The third-order valence-electron chi connectivity index (χ3n) is 3.67. The van der Waals surface area contributed by atoms with Crippen LogP contribution in [0, 0.1) is 0 Å². The predicted molar refractivity (Wildman–Crippen MR) is 94.3 cm³/mol. The molecule has 0 aliphatic rings. The second-order valence-corrected chi connectivity index (χ2v) is 5.68. The van der Waals surface area contributed by atoms with Gasteiger partial charge >= 0.3 is 0 Å². The first-order valence-electron chi connectivity index (χ1n) is 7.40. The summed E-state index contributed by atoms with van der Waals surface area (Å²) in [5.74, 6) is 0. The maximum atomic E-state index is 6.79. The fourth-order valence-electron chi connectivity index (χ4n) is 2.53. The average Bonchev–Trinajstić information content (AvgIpc) is 2.61. The molecule has 2 unspecified atom stereocenters. The summed E-state index contributed by atoms with van der Waals surface area (Å²) in [5, 5.41) is 3.41. The van der Waals surface area contributed by atoms with E-state index in [-0.39, 0.29) is 11.4 Å². The van der Waals surface area contributed by atoms with Crippen LogP contribution in [0.25, 0.3) is 0 Å². The van der Waals surface area contributed by atoms with Crippen molar-refractivity contribution in [1.29, 1.82) is 0 Å². The molecule has 0 bridgehead atoms. The Morgan fingerprint density at radius 3 is 1.59 bits per heavy atom. The van der Waals surface area contributed by atoms with Gasteiger partial charge in [-0.25, -0.2) is 0 Å². The highest BCUT2D eigenvalue weighted by atomic mass is 35.5. The van der Waals surface area contributed by atoms with Crippen molar-refractivity contribution in [3.05, 3.63) is 102 Å². The molecule has 0 heterocycles. The van der Waals surface area contributed by atoms with Gasteiger partial charge < -0.3 is 5.32 Å². The molecule has 0 spiro atoms. The van der Waals surface area contributed by atoms with Gasteiger partial charge in [-0.15, -0.1) is 11.6 Å². The van der Waals surface area contributed by atoms with Gasteiger partial charge in [0.05, 0.1) is 11.4 Å². The Balaban J connectivity index is 1.93. The molecule has 1 nitrogen and oxygen atoms in total. The highest BCUT2D eigenvalue weighted by Gasteiger charge is 2.22. The molecule has 0 aliphatic heterocycles. The van der Waals surface area contributed by atoms with Crippen molar-refractivity contribution in [2.45, 2.75) is 11.4 Å². The fourth-order valence-corrected chi connectivity index (χ4v) is 2.88. The lowest BCUT2D eigenvalue weighted by molar-refractivity contribution is 0.748. The van der Waals surface area contributed by atoms with E-state index >= 15 is 0 Å². The minimum atomic E-state index is -0.149. The standard InChI is InChI=1S/C20H18ClN/c21-19(16-10-4-1-5-11-16)20(17-12-6-2-7-13-17)22-18-14-8-3-9-15-18/h1-15,19-20,22H. The molecular formula is C20H18ClN. The molecule has 3 aromatic rings. The molecule has 110 valence electrons. The van der Waals surface area contributed by atoms with Gasteiger partial charge in [0, 0.05) is 5.69 Å². The van der Waals surface area contributed by atoms with Crippen LogP contribution in [0.2, 0.25) is 0 Å². The van der Waals surface area contributed by atoms with Gasteiger partial charge in [-0.05, 0) is 23.3 Å². The van der Waals surface area contributed by atoms with E-state index in [2.05, 4.69) is 41.7 Å². The van der Waals surface area contributed by atoms with E-state index in [4.69, 9.17) is 11.6 Å². The van der Waals surface area contributed by atoms with Crippen molar-refractivity contribution >= 4 is 17.3 Å². The number of hydrogen-bond donors (Lipinski definition) is 1. The number of para-hydroxylation sites is 1. The summed E-state index contributed by atoms with van der Waals surface area (Å²) in [6.45, 7) is 0. The largest absolute Gasteiger partial charge is 0.376 e. The molecule has 1 N–H and O–H groups in total. The number of benzene rings is 3. The first-order valence-corrected chi connectivity index (χ1v) is 7.84. The zero-order chi connectivity index (χ0) is 15.2. The van der Waals surface area contributed by atoms with E-state index in [1.165, 1.54) is 5.56 Å². The highest BCUT2D eigenvalue weighted by Crippen LogP contribution is 2.36. The van der Waals surface area contributed by atoms with Gasteiger partial charge in [0.15, 0.2) is 0 Å². The van der Waals surface area contributed by atoms with Crippen molar-refractivity contribution in [3.63, 3.8) is 0 Å². The Morgan fingerprint density at radius 2 is 1.05 bits per heavy atom. The van der Waals surface area contributed by atoms with Crippen molar-refractivity contribution < 1.29 is 0 Å². The zero-order valence-electron chi connectivity index (χ0n) is 12.2. The van der Waals surface area contributed by atoms with E-state index in [1.807, 2.05) is 54.6 Å². The van der Waals surface area contributed by atoms with Crippen LogP contribution in [0.3, 0.4) is 0 Å². The van der Waals surface area contributed by atoms with Crippen LogP contribution >= 0.6 is 11.6 Å². The van der Waals surface area contributed by atoms with E-state index in [1.54, 1.807) is 0 Å². The lowest BCUT2D eigenvalue weighted by atomic mass is 9.98. The Hall–Kier alpha value is -2.25. The normalized spacial score (nSPS) is 13.3. The van der Waals surface area contributed by atoms with Crippen LogP contribution in [-0.4, -0.2) is 0 Å². The van der Waals surface area contributed by atoms with Crippen LogP contribution in [0.15, 0.2) is 91.0 Å². The number of halogens is 1. The summed E-state index contributed by atoms with van der Waals surface area (Å²) >= 11 is 6.79. The van der Waals surface area contributed by atoms with Crippen molar-refractivity contribution in [2.24, 2.45) is 0 Å². The Kier molecular flexibility index (Phi) is 4.77. The molecule has 0 aliphatic carbocycles. The summed E-state index contributed by atoms with van der Waals surface area (Å²) in [6.07, 6.45) is 0. The molecule has 0 amide bonds. The van der Waals surface area contributed by atoms with E-state index in [0.717, 1.165) is 11.3 Å². The smallest absolute Gasteiger partial charge is 0.0828 e. The molecule has 22 heavy (non-hydrogen) atoms. The minimum absolute atomic E-state index is 0.00710. The highest BCUT2D eigenvalue weighted by molar-refractivity contribution is 6.21. The van der Waals surface area contributed by atoms with E-state index in [0.29, 0.717) is 0 Å². The molecule has 0 radical (unpaired) electrons. The lowest BCUT2D eigenvalue weighted by Gasteiger charge is -2.25. The number of nitrogens with one attached hydrogen (secondary N) is 1. The topological polar surface area (TPSA) is 12.0 Å². The summed E-state index contributed by atoms with van der Waals surface area (Å²) in [7, 11) is 0. The molecular weight excluding hydrogens is 290 g/mol. The molecule has 3 aromatic carbocycles. The maximum absolute atomic E-state index is 6.79. The Bertz CT molecular complexity index is 683. The van der Waals surface area contributed by atoms with Gasteiger partial charge in [-0.1, -0.05) is 78.9 Å². The molecule has 3 rings (SSSR count). The van der Waals surface area contributed by atoms with Crippen molar-refractivity contribution in [2.75, 3.05) is 5.32 Å². The molecule has 0 saturated carbocycles. The number of rotatable bonds is 5. The fraction of sp³-hybridized carbons (Fsp3) is 0.100. The number of anilines is 1. The summed E-state index contributed by atoms with van der Waals surface area (Å²) in [4.78, 5) is 0. The zero-order valence-corrected chi connectivity index (χ0v) is 12.9. The monoisotopic (exact) mass is 307 g/mol. The second-order valence-electron chi connectivity index (χ2n) is 5.21. The average molecular weight is 308 g/mol. The first-order chi connectivity index (χ1) is 10.8. The van der Waals surface area contributed by atoms with Crippen LogP contribution in [0.1, 0.15) is 22.5 Å². The van der Waals surface area contributed by atoms with Crippen molar-refractivity contribution in [3.8, 4) is 0 Å². The Morgan fingerprint density at radius 1 is 0.591 bits per heavy atom. The van der Waals surface area contributed by atoms with Crippen molar-refractivity contribution in [1.82, 2.24) is 0 Å². The molecule has 0 fully saturated rings. The molecule has 0 saturated heterocycles. The van der Waals surface area contributed by atoms with Crippen LogP contribution in [-0.2, 0) is 0 Å². The van der Waals surface area contributed by atoms with Gasteiger partial charge in [0.2, 0.25) is 0 Å². The lowest BCUT2D eigenvalue weighted by Crippen LogP contribution is -2.16. The van der Waals surface area contributed by atoms with Gasteiger partial charge in [0.1, 0.15) is 0 Å². The number of alkyl halides is 1. The maximum Gasteiger partial charge on any atom is 0.0828 e. The SMILES string of the molecule is ClC(c1ccccc1)C(Nc1ccccc1)c1ccccc1. The Labute approximate surface area is 136 Å². The molecule has 2 atom stereocenters. The first kappa shape index (κ1) is 14.7. The molecule has 2 heteroatoms. The van der Waals surface area contributed by atoms with Gasteiger partial charge in [-0.2, -0.15) is 0 Å². The predicted octanol–water partition coefficient (Wildman–Crippen LogP) is 5.82. The molecule has 0 aromatic heterocycles. The van der Waals surface area contributed by atoms with Crippen LogP contribution in [0.4, 0.5) is 5.69 Å². The third kappa shape index (κ3) is 3.49. The van der Waals surface area contributed by atoms with E-state index < -0.39 is 0 Å². The minimum Gasteiger partial charge on any atom is -0.376 e. The summed E-state index contributed by atoms with van der Waals surface area (Å²) in [5.41, 5.74) is 3.36. The van der Waals surface area contributed by atoms with Gasteiger partial charge in [-0.3, -0.25) is 0 Å². The van der Waals surface area contributed by atoms with E-state index in [9.17, 15) is 0 Å². The quantitative estimate of drug-likeness (QED) is 0.586. The summed E-state index contributed by atoms with van der Waals surface area (Å²) in [6, 6.07) is 30.7.